The normalized spacial score (nSPS) is 11.3. The molecule has 162 valence electrons. The highest BCUT2D eigenvalue weighted by molar-refractivity contribution is 7.89. The molecule has 0 fully saturated rings. The predicted octanol–water partition coefficient (Wildman–Crippen LogP) is 3.25. The molecule has 3 aromatic rings. The molecule has 9 heteroatoms. The van der Waals surface area contributed by atoms with Crippen LogP contribution in [0.5, 0.6) is 5.75 Å². The smallest absolute Gasteiger partial charge is 0.243 e. The van der Waals surface area contributed by atoms with E-state index in [2.05, 4.69) is 10.3 Å². The third kappa shape index (κ3) is 6.52. The number of carbonyl (C=O) groups excluding carboxylic acids is 1. The second kappa shape index (κ2) is 10.4. The van der Waals surface area contributed by atoms with E-state index in [1.807, 2.05) is 42.5 Å². The van der Waals surface area contributed by atoms with E-state index < -0.39 is 15.9 Å². The maximum atomic E-state index is 12.6. The quantitative estimate of drug-likeness (QED) is 0.530. The van der Waals surface area contributed by atoms with Crippen molar-refractivity contribution in [2.75, 3.05) is 13.6 Å². The first-order valence-electron chi connectivity index (χ1n) is 9.45. The van der Waals surface area contributed by atoms with E-state index in [4.69, 9.17) is 16.3 Å². The largest absolute Gasteiger partial charge is 0.487 e. The van der Waals surface area contributed by atoms with E-state index >= 15 is 0 Å². The number of nitrogens with one attached hydrogen (secondary N) is 1. The Morgan fingerprint density at radius 3 is 2.58 bits per heavy atom. The molecule has 0 bridgehead atoms. The summed E-state index contributed by atoms with van der Waals surface area (Å²) in [5.74, 6) is 0.236. The molecular weight excluding hydrogens is 438 g/mol. The first-order chi connectivity index (χ1) is 14.8. The molecule has 3 rings (SSSR count). The Bertz CT molecular complexity index is 1120. The molecule has 1 heterocycles. The average molecular weight is 460 g/mol. The van der Waals surface area contributed by atoms with Crippen LogP contribution in [-0.4, -0.2) is 37.2 Å². The lowest BCUT2D eigenvalue weighted by Gasteiger charge is -2.17. The third-order valence-electron chi connectivity index (χ3n) is 4.39. The minimum absolute atomic E-state index is 0.0740. The van der Waals surface area contributed by atoms with Gasteiger partial charge >= 0.3 is 0 Å². The highest BCUT2D eigenvalue weighted by atomic mass is 35.5. The monoisotopic (exact) mass is 459 g/mol. The van der Waals surface area contributed by atoms with Gasteiger partial charge in [0.15, 0.2) is 0 Å². The van der Waals surface area contributed by atoms with E-state index in [0.717, 1.165) is 15.6 Å². The highest BCUT2D eigenvalue weighted by Gasteiger charge is 2.22. The summed E-state index contributed by atoms with van der Waals surface area (Å²) >= 11 is 5.80. The number of halogens is 1. The number of benzene rings is 2. The summed E-state index contributed by atoms with van der Waals surface area (Å²) in [5.41, 5.74) is 1.64. The van der Waals surface area contributed by atoms with Gasteiger partial charge in [-0.25, -0.2) is 8.42 Å². The molecule has 1 amide bonds. The van der Waals surface area contributed by atoms with Crippen LogP contribution in [0.25, 0.3) is 0 Å². The number of aromatic nitrogens is 1. The van der Waals surface area contributed by atoms with E-state index in [1.54, 1.807) is 6.20 Å². The Morgan fingerprint density at radius 1 is 1.10 bits per heavy atom. The standard InChI is InChI=1S/C22H22ClN3O4S/c1-26(31(28,29)21-10-8-18(23)9-11-21)15-22(27)25-14-17-5-4-7-20(13-17)30-16-19-6-2-3-12-24-19/h2-13H,14-16H2,1H3,(H,25,27). The van der Waals surface area contributed by atoms with Gasteiger partial charge in [0.25, 0.3) is 0 Å². The second-order valence-electron chi connectivity index (χ2n) is 6.75. The van der Waals surface area contributed by atoms with Gasteiger partial charge in [-0.05, 0) is 54.1 Å². The van der Waals surface area contributed by atoms with Gasteiger partial charge < -0.3 is 10.1 Å². The average Bonchev–Trinajstić information content (AvgIpc) is 2.77. The predicted molar refractivity (Wildman–Crippen MR) is 118 cm³/mol. The van der Waals surface area contributed by atoms with Crippen molar-refractivity contribution in [1.82, 2.24) is 14.6 Å². The lowest BCUT2D eigenvalue weighted by molar-refractivity contribution is -0.121. The van der Waals surface area contributed by atoms with Crippen molar-refractivity contribution in [2.24, 2.45) is 0 Å². The number of ether oxygens (including phenoxy) is 1. The van der Waals surface area contributed by atoms with Gasteiger partial charge in [0.1, 0.15) is 12.4 Å². The molecule has 0 aliphatic carbocycles. The summed E-state index contributed by atoms with van der Waals surface area (Å²) in [6.45, 7) is 0.277. The molecule has 2 aromatic carbocycles. The van der Waals surface area contributed by atoms with Crippen LogP contribution in [0.15, 0.2) is 77.8 Å². The van der Waals surface area contributed by atoms with E-state index in [9.17, 15) is 13.2 Å². The van der Waals surface area contributed by atoms with Crippen molar-refractivity contribution in [3.8, 4) is 5.75 Å². The van der Waals surface area contributed by atoms with Crippen molar-refractivity contribution in [3.63, 3.8) is 0 Å². The van der Waals surface area contributed by atoms with Crippen LogP contribution in [0, 0.1) is 0 Å². The number of pyridine rings is 1. The third-order valence-corrected chi connectivity index (χ3v) is 6.46. The number of likely N-dealkylation sites (N-methyl/N-ethyl adjacent to an activating group) is 1. The topological polar surface area (TPSA) is 88.6 Å². The number of nitrogens with zero attached hydrogens (tertiary/aromatic N) is 2. The fourth-order valence-corrected chi connectivity index (χ4v) is 3.97. The molecule has 7 nitrogen and oxygen atoms in total. The van der Waals surface area contributed by atoms with E-state index in [1.165, 1.54) is 31.3 Å². The van der Waals surface area contributed by atoms with Gasteiger partial charge in [-0.15, -0.1) is 0 Å². The van der Waals surface area contributed by atoms with E-state index in [-0.39, 0.29) is 18.0 Å². The number of hydrogen-bond donors (Lipinski definition) is 1. The molecule has 31 heavy (non-hydrogen) atoms. The van der Waals surface area contributed by atoms with Crippen LogP contribution in [0.2, 0.25) is 5.02 Å². The van der Waals surface area contributed by atoms with Crippen LogP contribution in [0.3, 0.4) is 0 Å². The maximum Gasteiger partial charge on any atom is 0.243 e. The number of hydrogen-bond acceptors (Lipinski definition) is 5. The molecule has 0 saturated carbocycles. The molecule has 0 unspecified atom stereocenters. The molecule has 0 atom stereocenters. The molecular formula is C22H22ClN3O4S. The maximum absolute atomic E-state index is 12.6. The summed E-state index contributed by atoms with van der Waals surface area (Å²) in [5, 5.41) is 3.17. The number of carbonyl (C=O) groups is 1. The van der Waals surface area contributed by atoms with Crippen LogP contribution in [0.4, 0.5) is 0 Å². The molecule has 0 aliphatic rings. The Kier molecular flexibility index (Phi) is 7.62. The van der Waals surface area contributed by atoms with Crippen LogP contribution in [0.1, 0.15) is 11.3 Å². The van der Waals surface area contributed by atoms with Crippen molar-refractivity contribution in [3.05, 3.63) is 89.2 Å². The Hall–Kier alpha value is -2.94. The van der Waals surface area contributed by atoms with E-state index in [0.29, 0.717) is 17.4 Å². The van der Waals surface area contributed by atoms with Gasteiger partial charge in [0, 0.05) is 24.8 Å². The highest BCUT2D eigenvalue weighted by Crippen LogP contribution is 2.17. The Labute approximate surface area is 186 Å². The number of rotatable bonds is 9. The minimum atomic E-state index is -3.79. The molecule has 0 spiro atoms. The fourth-order valence-electron chi connectivity index (χ4n) is 2.72. The second-order valence-corrected chi connectivity index (χ2v) is 9.23. The minimum Gasteiger partial charge on any atom is -0.487 e. The summed E-state index contributed by atoms with van der Waals surface area (Å²) in [7, 11) is -2.43. The van der Waals surface area contributed by atoms with Crippen LogP contribution < -0.4 is 10.1 Å². The van der Waals surface area contributed by atoms with Crippen molar-refractivity contribution in [1.29, 1.82) is 0 Å². The van der Waals surface area contributed by atoms with Gasteiger partial charge in [-0.3, -0.25) is 9.78 Å². The molecule has 0 radical (unpaired) electrons. The number of sulfonamides is 1. The summed E-state index contributed by atoms with van der Waals surface area (Å²) < 4.78 is 31.9. The van der Waals surface area contributed by atoms with Gasteiger partial charge in [-0.2, -0.15) is 4.31 Å². The first kappa shape index (κ1) is 22.7. The summed E-state index contributed by atoms with van der Waals surface area (Å²) in [4.78, 5) is 16.6. The molecule has 0 saturated heterocycles. The lowest BCUT2D eigenvalue weighted by Crippen LogP contribution is -2.38. The SMILES string of the molecule is CN(CC(=O)NCc1cccc(OCc2ccccn2)c1)S(=O)(=O)c1ccc(Cl)cc1. The van der Waals surface area contributed by atoms with Crippen LogP contribution >= 0.6 is 11.6 Å². The van der Waals surface area contributed by atoms with Crippen molar-refractivity contribution < 1.29 is 17.9 Å². The van der Waals surface area contributed by atoms with Crippen molar-refractivity contribution in [2.45, 2.75) is 18.0 Å². The number of amides is 1. The van der Waals surface area contributed by atoms with Gasteiger partial charge in [0.05, 0.1) is 17.1 Å². The Morgan fingerprint density at radius 2 is 1.87 bits per heavy atom. The zero-order chi connectivity index (χ0) is 22.3. The zero-order valence-corrected chi connectivity index (χ0v) is 18.4. The first-order valence-corrected chi connectivity index (χ1v) is 11.3. The molecule has 0 aliphatic heterocycles. The zero-order valence-electron chi connectivity index (χ0n) is 16.9. The van der Waals surface area contributed by atoms with Crippen LogP contribution in [-0.2, 0) is 28.0 Å². The molecule has 1 N–H and O–H groups in total. The van der Waals surface area contributed by atoms with Gasteiger partial charge in [-0.1, -0.05) is 29.8 Å². The Balaban J connectivity index is 1.52. The van der Waals surface area contributed by atoms with Gasteiger partial charge in [0.2, 0.25) is 15.9 Å². The lowest BCUT2D eigenvalue weighted by atomic mass is 10.2. The molecule has 1 aromatic heterocycles. The summed E-state index contributed by atoms with van der Waals surface area (Å²) in [6, 6.07) is 18.7. The van der Waals surface area contributed by atoms with Crippen molar-refractivity contribution >= 4 is 27.5 Å². The summed E-state index contributed by atoms with van der Waals surface area (Å²) in [6.07, 6.45) is 1.70. The fraction of sp³-hybridized carbons (Fsp3) is 0.182.